The summed E-state index contributed by atoms with van der Waals surface area (Å²) in [6.07, 6.45) is -3.66. The van der Waals surface area contributed by atoms with E-state index in [1.54, 1.807) is 6.92 Å². The number of alkyl halides is 3. The number of nitrogens with zero attached hydrogens (tertiary/aromatic N) is 3. The number of aromatic nitrogens is 2. The van der Waals surface area contributed by atoms with E-state index in [0.29, 0.717) is 6.54 Å². The van der Waals surface area contributed by atoms with Crippen molar-refractivity contribution in [2.24, 2.45) is 0 Å². The van der Waals surface area contributed by atoms with Gasteiger partial charge in [0.25, 0.3) is 0 Å². The van der Waals surface area contributed by atoms with Crippen molar-refractivity contribution in [3.63, 3.8) is 0 Å². The summed E-state index contributed by atoms with van der Waals surface area (Å²) >= 11 is 0. The SMILES string of the molecule is CCn1cc(S(=O)(=O)N(CCO)CC(F)(F)F)c(N)n1. The van der Waals surface area contributed by atoms with Crippen LogP contribution in [0.15, 0.2) is 11.1 Å². The molecule has 0 unspecified atom stereocenters. The van der Waals surface area contributed by atoms with Crippen LogP contribution < -0.4 is 5.73 Å². The molecular weight excluding hydrogens is 301 g/mol. The van der Waals surface area contributed by atoms with Gasteiger partial charge in [0.2, 0.25) is 10.0 Å². The first-order valence-corrected chi connectivity index (χ1v) is 7.06. The highest BCUT2D eigenvalue weighted by molar-refractivity contribution is 7.89. The predicted octanol–water partition coefficient (Wildman–Crippen LogP) is 0.0305. The summed E-state index contributed by atoms with van der Waals surface area (Å²) in [7, 11) is -4.47. The summed E-state index contributed by atoms with van der Waals surface area (Å²) < 4.78 is 62.8. The molecule has 1 aromatic heterocycles. The van der Waals surface area contributed by atoms with Crippen molar-refractivity contribution in [1.82, 2.24) is 14.1 Å². The topological polar surface area (TPSA) is 101 Å². The maximum atomic E-state index is 12.4. The lowest BCUT2D eigenvalue weighted by Gasteiger charge is -2.21. The molecular formula is C9H15F3N4O3S. The van der Waals surface area contributed by atoms with Crippen LogP contribution in [0.5, 0.6) is 0 Å². The van der Waals surface area contributed by atoms with Gasteiger partial charge < -0.3 is 10.8 Å². The van der Waals surface area contributed by atoms with Gasteiger partial charge in [-0.3, -0.25) is 4.68 Å². The van der Waals surface area contributed by atoms with E-state index in [-0.39, 0.29) is 10.1 Å². The Morgan fingerprint density at radius 2 is 2.10 bits per heavy atom. The Hall–Kier alpha value is -1.33. The van der Waals surface area contributed by atoms with Gasteiger partial charge in [-0.2, -0.15) is 22.6 Å². The Morgan fingerprint density at radius 1 is 1.50 bits per heavy atom. The minimum absolute atomic E-state index is 0.125. The van der Waals surface area contributed by atoms with Crippen molar-refractivity contribution in [1.29, 1.82) is 0 Å². The van der Waals surface area contributed by atoms with Crippen LogP contribution in [-0.4, -0.2) is 53.5 Å². The molecule has 1 rings (SSSR count). The molecule has 0 aliphatic heterocycles. The lowest BCUT2D eigenvalue weighted by Crippen LogP contribution is -2.40. The second-order valence-corrected chi connectivity index (χ2v) is 5.82. The van der Waals surface area contributed by atoms with Crippen molar-refractivity contribution in [3.8, 4) is 0 Å². The quantitative estimate of drug-likeness (QED) is 0.771. The van der Waals surface area contributed by atoms with Gasteiger partial charge in [0, 0.05) is 19.3 Å². The Bertz CT molecular complexity index is 555. The molecule has 0 bridgehead atoms. The second-order valence-electron chi connectivity index (χ2n) is 3.91. The van der Waals surface area contributed by atoms with E-state index >= 15 is 0 Å². The first-order chi connectivity index (χ1) is 9.11. The van der Waals surface area contributed by atoms with Gasteiger partial charge in [-0.05, 0) is 6.92 Å². The molecule has 0 saturated heterocycles. The maximum absolute atomic E-state index is 12.4. The summed E-state index contributed by atoms with van der Waals surface area (Å²) in [5.41, 5.74) is 5.42. The average Bonchev–Trinajstić information content (AvgIpc) is 2.69. The summed E-state index contributed by atoms with van der Waals surface area (Å²) in [6, 6.07) is 0. The zero-order chi connectivity index (χ0) is 15.6. The minimum Gasteiger partial charge on any atom is -0.395 e. The number of aliphatic hydroxyl groups excluding tert-OH is 1. The highest BCUT2D eigenvalue weighted by Crippen LogP contribution is 2.25. The van der Waals surface area contributed by atoms with Crippen molar-refractivity contribution in [2.75, 3.05) is 25.4 Å². The number of anilines is 1. The van der Waals surface area contributed by atoms with Crippen LogP contribution in [0.2, 0.25) is 0 Å². The molecule has 11 heteroatoms. The van der Waals surface area contributed by atoms with Gasteiger partial charge in [-0.25, -0.2) is 8.42 Å². The van der Waals surface area contributed by atoms with Crippen LogP contribution in [0.1, 0.15) is 6.92 Å². The standard InChI is InChI=1S/C9H15F3N4O3S/c1-2-15-5-7(8(13)14-15)20(18,19)16(3-4-17)6-9(10,11)12/h5,17H,2-4,6H2,1H3,(H2,13,14). The van der Waals surface area contributed by atoms with Gasteiger partial charge >= 0.3 is 6.18 Å². The van der Waals surface area contributed by atoms with Gasteiger partial charge in [0.1, 0.15) is 11.4 Å². The molecule has 0 aromatic carbocycles. The third-order valence-corrected chi connectivity index (χ3v) is 4.26. The molecule has 3 N–H and O–H groups in total. The Kier molecular flexibility index (Phi) is 5.00. The smallest absolute Gasteiger partial charge is 0.395 e. The summed E-state index contributed by atoms with van der Waals surface area (Å²) in [4.78, 5) is -0.503. The molecule has 20 heavy (non-hydrogen) atoms. The van der Waals surface area contributed by atoms with Gasteiger partial charge in [0.15, 0.2) is 5.82 Å². The number of hydrogen-bond donors (Lipinski definition) is 2. The molecule has 0 amide bonds. The molecule has 0 spiro atoms. The van der Waals surface area contributed by atoms with E-state index in [0.717, 1.165) is 6.20 Å². The van der Waals surface area contributed by atoms with E-state index in [9.17, 15) is 21.6 Å². The highest BCUT2D eigenvalue weighted by Gasteiger charge is 2.38. The minimum atomic E-state index is -4.72. The lowest BCUT2D eigenvalue weighted by atomic mass is 10.6. The number of nitrogens with two attached hydrogens (primary N) is 1. The Labute approximate surface area is 113 Å². The molecule has 116 valence electrons. The van der Waals surface area contributed by atoms with Crippen LogP contribution in [0, 0.1) is 0 Å². The van der Waals surface area contributed by atoms with E-state index in [2.05, 4.69) is 5.10 Å². The largest absolute Gasteiger partial charge is 0.402 e. The number of hydrogen-bond acceptors (Lipinski definition) is 5. The monoisotopic (exact) mass is 316 g/mol. The normalized spacial score (nSPS) is 13.1. The van der Waals surface area contributed by atoms with Crippen LogP contribution in [0.25, 0.3) is 0 Å². The van der Waals surface area contributed by atoms with E-state index in [1.807, 2.05) is 0 Å². The van der Waals surface area contributed by atoms with Gasteiger partial charge in [-0.15, -0.1) is 0 Å². The fourth-order valence-corrected chi connectivity index (χ4v) is 2.99. The van der Waals surface area contributed by atoms with Crippen LogP contribution in [0.4, 0.5) is 19.0 Å². The molecule has 7 nitrogen and oxygen atoms in total. The number of aryl methyl sites for hydroxylation is 1. The average molecular weight is 316 g/mol. The fourth-order valence-electron chi connectivity index (χ4n) is 1.51. The third kappa shape index (κ3) is 3.84. The first-order valence-electron chi connectivity index (χ1n) is 5.62. The highest BCUT2D eigenvalue weighted by atomic mass is 32.2. The molecule has 0 fully saturated rings. The van der Waals surface area contributed by atoms with Crippen molar-refractivity contribution < 1.29 is 26.7 Å². The number of rotatable bonds is 6. The van der Waals surface area contributed by atoms with Gasteiger partial charge in [-0.1, -0.05) is 0 Å². The van der Waals surface area contributed by atoms with E-state index in [4.69, 9.17) is 10.8 Å². The summed E-state index contributed by atoms with van der Waals surface area (Å²) in [5, 5.41) is 12.4. The molecule has 0 radical (unpaired) electrons. The Balaban J connectivity index is 3.18. The van der Waals surface area contributed by atoms with Crippen molar-refractivity contribution >= 4 is 15.8 Å². The zero-order valence-electron chi connectivity index (χ0n) is 10.6. The van der Waals surface area contributed by atoms with Crippen LogP contribution >= 0.6 is 0 Å². The second kappa shape index (κ2) is 5.97. The summed E-state index contributed by atoms with van der Waals surface area (Å²) in [6.45, 7) is -1.13. The zero-order valence-corrected chi connectivity index (χ0v) is 11.4. The van der Waals surface area contributed by atoms with Crippen molar-refractivity contribution in [2.45, 2.75) is 24.5 Å². The number of sulfonamides is 1. The molecule has 0 aliphatic rings. The van der Waals surface area contributed by atoms with E-state index < -0.39 is 40.8 Å². The molecule has 0 atom stereocenters. The number of aliphatic hydroxyl groups is 1. The maximum Gasteiger partial charge on any atom is 0.402 e. The third-order valence-electron chi connectivity index (χ3n) is 2.40. The van der Waals surface area contributed by atoms with Crippen molar-refractivity contribution in [3.05, 3.63) is 6.20 Å². The number of halogens is 3. The molecule has 0 aliphatic carbocycles. The Morgan fingerprint density at radius 3 is 2.50 bits per heavy atom. The number of nitrogen functional groups attached to an aromatic ring is 1. The van der Waals surface area contributed by atoms with E-state index in [1.165, 1.54) is 4.68 Å². The van der Waals surface area contributed by atoms with Crippen LogP contribution in [-0.2, 0) is 16.6 Å². The lowest BCUT2D eigenvalue weighted by molar-refractivity contribution is -0.136. The van der Waals surface area contributed by atoms with Crippen LogP contribution in [0.3, 0.4) is 0 Å². The molecule has 1 heterocycles. The molecule has 0 saturated carbocycles. The molecule has 1 aromatic rings. The first kappa shape index (κ1) is 16.7. The van der Waals surface area contributed by atoms with Gasteiger partial charge in [0.05, 0.1) is 6.61 Å². The predicted molar refractivity (Wildman–Crippen MR) is 64.2 cm³/mol. The summed E-state index contributed by atoms with van der Waals surface area (Å²) in [5.74, 6) is -0.378. The fraction of sp³-hybridized carbons (Fsp3) is 0.667.